The van der Waals surface area contributed by atoms with E-state index in [2.05, 4.69) is 11.7 Å². The summed E-state index contributed by atoms with van der Waals surface area (Å²) in [4.78, 5) is 11.3. The van der Waals surface area contributed by atoms with Crippen LogP contribution in [-0.4, -0.2) is 31.4 Å². The van der Waals surface area contributed by atoms with Crippen molar-refractivity contribution in [2.24, 2.45) is 0 Å². The molecule has 0 aromatic carbocycles. The quantitative estimate of drug-likeness (QED) is 0.399. The van der Waals surface area contributed by atoms with Crippen molar-refractivity contribution < 1.29 is 19.4 Å². The first-order chi connectivity index (χ1) is 7.17. The van der Waals surface area contributed by atoms with E-state index in [0.717, 1.165) is 12.8 Å². The number of methoxy groups -OCH3 is 1. The van der Waals surface area contributed by atoms with Crippen molar-refractivity contribution in [2.75, 3.05) is 20.3 Å². The zero-order valence-corrected chi connectivity index (χ0v) is 9.71. The predicted octanol–water partition coefficient (Wildman–Crippen LogP) is 1.63. The second-order valence-electron chi connectivity index (χ2n) is 3.22. The molecule has 0 rings (SSSR count). The number of hydrogen-bond acceptors (Lipinski definition) is 4. The Morgan fingerprint density at radius 3 is 2.53 bits per heavy atom. The monoisotopic (exact) mass is 216 g/mol. The molecule has 0 aromatic heterocycles. The van der Waals surface area contributed by atoms with Crippen molar-refractivity contribution in [1.29, 1.82) is 0 Å². The van der Waals surface area contributed by atoms with Gasteiger partial charge in [-0.1, -0.05) is 13.3 Å². The maximum Gasteiger partial charge on any atom is 0.336 e. The second-order valence-corrected chi connectivity index (χ2v) is 3.22. The Bertz CT molecular complexity index is 211. The molecule has 0 atom stereocenters. The number of unbranched alkanes of at least 4 members (excludes halogenated alkanes) is 1. The number of esters is 1. The normalized spacial score (nSPS) is 12.0. The molecule has 0 fully saturated rings. The second kappa shape index (κ2) is 8.29. The fraction of sp³-hybridized carbons (Fsp3) is 0.727. The number of carbonyl (C=O) groups excluding carboxylic acids is 1. The summed E-state index contributed by atoms with van der Waals surface area (Å²) >= 11 is 0. The van der Waals surface area contributed by atoms with Crippen LogP contribution in [0.2, 0.25) is 0 Å². The van der Waals surface area contributed by atoms with Crippen LogP contribution in [0.25, 0.3) is 0 Å². The van der Waals surface area contributed by atoms with Gasteiger partial charge in [-0.15, -0.1) is 0 Å². The molecule has 0 bridgehead atoms. The molecule has 1 N–H and O–H groups in total. The van der Waals surface area contributed by atoms with Crippen molar-refractivity contribution in [2.45, 2.75) is 33.1 Å². The number of aliphatic hydroxyl groups excluding tert-OH is 1. The molecule has 0 aliphatic carbocycles. The first-order valence-electron chi connectivity index (χ1n) is 5.19. The maximum atomic E-state index is 11.3. The number of hydrogen-bond donors (Lipinski definition) is 1. The average Bonchev–Trinajstić information content (AvgIpc) is 2.27. The fourth-order valence-corrected chi connectivity index (χ4v) is 1.14. The van der Waals surface area contributed by atoms with Crippen LogP contribution >= 0.6 is 0 Å². The summed E-state index contributed by atoms with van der Waals surface area (Å²) in [5.41, 5.74) is 0.486. The molecule has 88 valence electrons. The minimum absolute atomic E-state index is 0.0515. The standard InChI is InChI=1S/C11H20O4/c1-4-5-6-10(15-8-7-12)9(2)11(13)14-3/h12H,4-8H2,1-3H3. The molecule has 0 spiro atoms. The Labute approximate surface area is 90.9 Å². The molecule has 0 amide bonds. The first kappa shape index (κ1) is 14.0. The molecule has 4 nitrogen and oxygen atoms in total. The summed E-state index contributed by atoms with van der Waals surface area (Å²) in [7, 11) is 1.34. The van der Waals surface area contributed by atoms with Crippen LogP contribution < -0.4 is 0 Å². The lowest BCUT2D eigenvalue weighted by Crippen LogP contribution is -2.09. The third-order valence-corrected chi connectivity index (χ3v) is 2.03. The van der Waals surface area contributed by atoms with Gasteiger partial charge < -0.3 is 14.6 Å². The number of ether oxygens (including phenoxy) is 2. The largest absolute Gasteiger partial charge is 0.495 e. The first-order valence-corrected chi connectivity index (χ1v) is 5.19. The van der Waals surface area contributed by atoms with Crippen molar-refractivity contribution in [3.8, 4) is 0 Å². The Balaban J connectivity index is 4.48. The summed E-state index contributed by atoms with van der Waals surface area (Å²) in [5, 5.41) is 8.65. The molecule has 4 heteroatoms. The minimum Gasteiger partial charge on any atom is -0.495 e. The van der Waals surface area contributed by atoms with Gasteiger partial charge in [0.1, 0.15) is 12.4 Å². The van der Waals surface area contributed by atoms with E-state index in [-0.39, 0.29) is 19.2 Å². The summed E-state index contributed by atoms with van der Waals surface area (Å²) in [6.45, 7) is 3.91. The van der Waals surface area contributed by atoms with E-state index in [1.54, 1.807) is 6.92 Å². The van der Waals surface area contributed by atoms with Gasteiger partial charge in [0, 0.05) is 6.42 Å². The van der Waals surface area contributed by atoms with Crippen molar-refractivity contribution in [1.82, 2.24) is 0 Å². The van der Waals surface area contributed by atoms with Gasteiger partial charge in [0.15, 0.2) is 0 Å². The van der Waals surface area contributed by atoms with Crippen LogP contribution in [-0.2, 0) is 14.3 Å². The summed E-state index contributed by atoms with van der Waals surface area (Å²) < 4.78 is 9.92. The van der Waals surface area contributed by atoms with Gasteiger partial charge in [0.05, 0.1) is 19.3 Å². The lowest BCUT2D eigenvalue weighted by molar-refractivity contribution is -0.136. The molecule has 0 aliphatic heterocycles. The van der Waals surface area contributed by atoms with E-state index >= 15 is 0 Å². The third-order valence-electron chi connectivity index (χ3n) is 2.03. The Morgan fingerprint density at radius 1 is 1.40 bits per heavy atom. The highest BCUT2D eigenvalue weighted by Gasteiger charge is 2.11. The highest BCUT2D eigenvalue weighted by atomic mass is 16.5. The fourth-order valence-electron chi connectivity index (χ4n) is 1.14. The zero-order chi connectivity index (χ0) is 11.7. The van der Waals surface area contributed by atoms with Crippen LogP contribution in [0, 0.1) is 0 Å². The Kier molecular flexibility index (Phi) is 7.72. The Hall–Kier alpha value is -1.03. The van der Waals surface area contributed by atoms with Crippen molar-refractivity contribution >= 4 is 5.97 Å². The predicted molar refractivity (Wildman–Crippen MR) is 57.3 cm³/mol. The summed E-state index contributed by atoms with van der Waals surface area (Å²) in [5.74, 6) is 0.247. The van der Waals surface area contributed by atoms with E-state index in [4.69, 9.17) is 9.84 Å². The molecule has 0 aliphatic rings. The van der Waals surface area contributed by atoms with Gasteiger partial charge >= 0.3 is 5.97 Å². The molecule has 0 heterocycles. The molecular formula is C11H20O4. The zero-order valence-electron chi connectivity index (χ0n) is 9.71. The van der Waals surface area contributed by atoms with E-state index in [0.29, 0.717) is 17.8 Å². The van der Waals surface area contributed by atoms with Crippen LogP contribution in [0.15, 0.2) is 11.3 Å². The molecule has 0 unspecified atom stereocenters. The number of aliphatic hydroxyl groups is 1. The van der Waals surface area contributed by atoms with E-state index in [9.17, 15) is 4.79 Å². The smallest absolute Gasteiger partial charge is 0.336 e. The van der Waals surface area contributed by atoms with Crippen LogP contribution in [0.3, 0.4) is 0 Å². The van der Waals surface area contributed by atoms with Gasteiger partial charge in [0.25, 0.3) is 0 Å². The number of carbonyl (C=O) groups is 1. The van der Waals surface area contributed by atoms with Crippen LogP contribution in [0.5, 0.6) is 0 Å². The van der Waals surface area contributed by atoms with Crippen molar-refractivity contribution in [3.63, 3.8) is 0 Å². The van der Waals surface area contributed by atoms with Gasteiger partial charge in [0.2, 0.25) is 0 Å². The van der Waals surface area contributed by atoms with Gasteiger partial charge in [-0.05, 0) is 13.3 Å². The topological polar surface area (TPSA) is 55.8 Å². The molecule has 0 saturated carbocycles. The third kappa shape index (κ3) is 5.42. The SMILES string of the molecule is CCCCC(OCCO)=C(C)C(=O)OC. The summed E-state index contributed by atoms with van der Waals surface area (Å²) in [6.07, 6.45) is 2.69. The maximum absolute atomic E-state index is 11.3. The Morgan fingerprint density at radius 2 is 2.07 bits per heavy atom. The highest BCUT2D eigenvalue weighted by molar-refractivity contribution is 5.88. The lowest BCUT2D eigenvalue weighted by atomic mass is 10.1. The molecule has 15 heavy (non-hydrogen) atoms. The molecule has 0 radical (unpaired) electrons. The molecule has 0 saturated heterocycles. The van der Waals surface area contributed by atoms with Gasteiger partial charge in [-0.25, -0.2) is 4.79 Å². The van der Waals surface area contributed by atoms with Crippen LogP contribution in [0.1, 0.15) is 33.1 Å². The van der Waals surface area contributed by atoms with E-state index in [1.165, 1.54) is 7.11 Å². The van der Waals surface area contributed by atoms with Crippen LogP contribution in [0.4, 0.5) is 0 Å². The minimum atomic E-state index is -0.376. The van der Waals surface area contributed by atoms with E-state index < -0.39 is 0 Å². The van der Waals surface area contributed by atoms with Gasteiger partial charge in [-0.2, -0.15) is 0 Å². The molecule has 0 aromatic rings. The average molecular weight is 216 g/mol. The number of rotatable bonds is 7. The van der Waals surface area contributed by atoms with Gasteiger partial charge in [-0.3, -0.25) is 0 Å². The lowest BCUT2D eigenvalue weighted by Gasteiger charge is -2.11. The highest BCUT2D eigenvalue weighted by Crippen LogP contribution is 2.15. The van der Waals surface area contributed by atoms with E-state index in [1.807, 2.05) is 0 Å². The van der Waals surface area contributed by atoms with Crippen molar-refractivity contribution in [3.05, 3.63) is 11.3 Å². The summed E-state index contributed by atoms with van der Waals surface area (Å²) in [6, 6.07) is 0. The molecular weight excluding hydrogens is 196 g/mol. The number of allylic oxidation sites excluding steroid dienone is 1.